The zero-order valence-electron chi connectivity index (χ0n) is 8.30. The maximum absolute atomic E-state index is 10.7. The minimum absolute atomic E-state index is 0.111. The van der Waals surface area contributed by atoms with Gasteiger partial charge in [-0.25, -0.2) is 9.59 Å². The molecule has 0 aromatic heterocycles. The number of hydrogen-bond acceptors (Lipinski definition) is 4. The number of aliphatic hydroxyl groups excluding tert-OH is 1. The third-order valence-corrected chi connectivity index (χ3v) is 1.87. The molecule has 4 N–H and O–H groups in total. The predicted octanol–water partition coefficient (Wildman–Crippen LogP) is 0.487. The van der Waals surface area contributed by atoms with E-state index in [1.165, 1.54) is 12.1 Å². The SMILES string of the molecule is O=C(O)c1cc(NCCO)cc(C(=O)O)c1. The molecular formula is C10H11NO5. The Morgan fingerprint density at radius 2 is 1.56 bits per heavy atom. The van der Waals surface area contributed by atoms with Crippen molar-refractivity contribution in [3.05, 3.63) is 29.3 Å². The van der Waals surface area contributed by atoms with Gasteiger partial charge in [0.1, 0.15) is 0 Å². The number of rotatable bonds is 5. The molecule has 0 unspecified atom stereocenters. The molecule has 0 saturated heterocycles. The van der Waals surface area contributed by atoms with Gasteiger partial charge in [-0.05, 0) is 18.2 Å². The molecule has 0 aliphatic heterocycles. The topological polar surface area (TPSA) is 107 Å². The monoisotopic (exact) mass is 225 g/mol. The van der Waals surface area contributed by atoms with E-state index in [9.17, 15) is 9.59 Å². The Hall–Kier alpha value is -2.08. The van der Waals surface area contributed by atoms with E-state index < -0.39 is 11.9 Å². The van der Waals surface area contributed by atoms with E-state index in [1.54, 1.807) is 0 Å². The van der Waals surface area contributed by atoms with E-state index in [0.717, 1.165) is 6.07 Å². The molecule has 0 bridgehead atoms. The van der Waals surface area contributed by atoms with E-state index in [0.29, 0.717) is 5.69 Å². The van der Waals surface area contributed by atoms with Crippen molar-refractivity contribution >= 4 is 17.6 Å². The van der Waals surface area contributed by atoms with Crippen molar-refractivity contribution in [3.63, 3.8) is 0 Å². The number of aliphatic hydroxyl groups is 1. The molecule has 0 heterocycles. The fourth-order valence-corrected chi connectivity index (χ4v) is 1.18. The van der Waals surface area contributed by atoms with Crippen molar-refractivity contribution in [3.8, 4) is 0 Å². The van der Waals surface area contributed by atoms with E-state index in [-0.39, 0.29) is 24.3 Å². The summed E-state index contributed by atoms with van der Waals surface area (Å²) < 4.78 is 0. The summed E-state index contributed by atoms with van der Waals surface area (Å²) in [7, 11) is 0. The largest absolute Gasteiger partial charge is 0.478 e. The Morgan fingerprint density at radius 1 is 1.06 bits per heavy atom. The van der Waals surface area contributed by atoms with Crippen LogP contribution in [-0.4, -0.2) is 40.4 Å². The van der Waals surface area contributed by atoms with E-state index >= 15 is 0 Å². The van der Waals surface area contributed by atoms with Crippen LogP contribution in [0.25, 0.3) is 0 Å². The highest BCUT2D eigenvalue weighted by atomic mass is 16.4. The van der Waals surface area contributed by atoms with Crippen LogP contribution >= 0.6 is 0 Å². The highest BCUT2D eigenvalue weighted by Gasteiger charge is 2.10. The minimum atomic E-state index is -1.20. The Labute approximate surface area is 91.1 Å². The number of aromatic carboxylic acids is 2. The van der Waals surface area contributed by atoms with Crippen LogP contribution in [-0.2, 0) is 0 Å². The molecule has 0 saturated carbocycles. The summed E-state index contributed by atoms with van der Waals surface area (Å²) in [5.41, 5.74) is 0.132. The molecule has 86 valence electrons. The van der Waals surface area contributed by atoms with Crippen LogP contribution in [0.5, 0.6) is 0 Å². The predicted molar refractivity (Wildman–Crippen MR) is 55.9 cm³/mol. The maximum Gasteiger partial charge on any atom is 0.335 e. The Bertz CT molecular complexity index is 383. The molecular weight excluding hydrogens is 214 g/mol. The maximum atomic E-state index is 10.7. The van der Waals surface area contributed by atoms with E-state index in [1.807, 2.05) is 0 Å². The first kappa shape index (κ1) is 12.0. The van der Waals surface area contributed by atoms with Crippen molar-refractivity contribution in [1.29, 1.82) is 0 Å². The van der Waals surface area contributed by atoms with Crippen LogP contribution in [0, 0.1) is 0 Å². The van der Waals surface area contributed by atoms with Crippen molar-refractivity contribution < 1.29 is 24.9 Å². The zero-order chi connectivity index (χ0) is 12.1. The first-order chi connectivity index (χ1) is 7.54. The Kier molecular flexibility index (Phi) is 3.84. The van der Waals surface area contributed by atoms with Crippen LogP contribution in [0.15, 0.2) is 18.2 Å². The van der Waals surface area contributed by atoms with Crippen molar-refractivity contribution in [2.75, 3.05) is 18.5 Å². The molecule has 6 nitrogen and oxygen atoms in total. The summed E-state index contributed by atoms with van der Waals surface area (Å²) in [6, 6.07) is 3.70. The number of carboxylic acid groups (broad SMARTS) is 2. The lowest BCUT2D eigenvalue weighted by Gasteiger charge is -2.07. The average Bonchev–Trinajstić information content (AvgIpc) is 2.25. The normalized spacial score (nSPS) is 9.81. The molecule has 0 spiro atoms. The van der Waals surface area contributed by atoms with Gasteiger partial charge >= 0.3 is 11.9 Å². The lowest BCUT2D eigenvalue weighted by Crippen LogP contribution is -2.09. The molecule has 6 heteroatoms. The lowest BCUT2D eigenvalue weighted by atomic mass is 10.1. The lowest BCUT2D eigenvalue weighted by molar-refractivity contribution is 0.0696. The summed E-state index contributed by atoms with van der Waals surface area (Å²) in [6.45, 7) is 0.0990. The van der Waals surface area contributed by atoms with Gasteiger partial charge in [0.15, 0.2) is 0 Å². The molecule has 1 rings (SSSR count). The summed E-state index contributed by atoms with van der Waals surface area (Å²) in [6.07, 6.45) is 0. The number of anilines is 1. The quantitative estimate of drug-likeness (QED) is 0.581. The van der Waals surface area contributed by atoms with Crippen molar-refractivity contribution in [1.82, 2.24) is 0 Å². The van der Waals surface area contributed by atoms with Gasteiger partial charge in [0.05, 0.1) is 17.7 Å². The molecule has 1 aromatic rings. The van der Waals surface area contributed by atoms with Crippen LogP contribution in [0.2, 0.25) is 0 Å². The fraction of sp³-hybridized carbons (Fsp3) is 0.200. The molecule has 0 amide bonds. The highest BCUT2D eigenvalue weighted by molar-refractivity contribution is 5.95. The smallest absolute Gasteiger partial charge is 0.335 e. The Balaban J connectivity index is 3.08. The van der Waals surface area contributed by atoms with Gasteiger partial charge in [-0.15, -0.1) is 0 Å². The van der Waals surface area contributed by atoms with Crippen molar-refractivity contribution in [2.45, 2.75) is 0 Å². The standard InChI is InChI=1S/C10H11NO5/c12-2-1-11-8-4-6(9(13)14)3-7(5-8)10(15)16/h3-5,11-12H,1-2H2,(H,13,14)(H,15,16). The number of benzene rings is 1. The zero-order valence-corrected chi connectivity index (χ0v) is 8.30. The van der Waals surface area contributed by atoms with Gasteiger partial charge in [-0.1, -0.05) is 0 Å². The van der Waals surface area contributed by atoms with Crippen LogP contribution < -0.4 is 5.32 Å². The second-order valence-electron chi connectivity index (χ2n) is 3.06. The molecule has 0 aliphatic carbocycles. The van der Waals surface area contributed by atoms with Gasteiger partial charge in [-0.3, -0.25) is 0 Å². The summed E-state index contributed by atoms with van der Waals surface area (Å²) in [5.74, 6) is -2.40. The molecule has 0 atom stereocenters. The third-order valence-electron chi connectivity index (χ3n) is 1.87. The molecule has 16 heavy (non-hydrogen) atoms. The van der Waals surface area contributed by atoms with Gasteiger partial charge in [0, 0.05) is 12.2 Å². The number of carbonyl (C=O) groups is 2. The molecule has 0 radical (unpaired) electrons. The third kappa shape index (κ3) is 2.96. The number of hydrogen-bond donors (Lipinski definition) is 4. The highest BCUT2D eigenvalue weighted by Crippen LogP contribution is 2.15. The summed E-state index contributed by atoms with van der Waals surface area (Å²) in [4.78, 5) is 21.5. The van der Waals surface area contributed by atoms with Crippen LogP contribution in [0.3, 0.4) is 0 Å². The number of nitrogens with one attached hydrogen (secondary N) is 1. The number of carboxylic acids is 2. The van der Waals surface area contributed by atoms with Gasteiger partial charge in [0.25, 0.3) is 0 Å². The van der Waals surface area contributed by atoms with Crippen LogP contribution in [0.1, 0.15) is 20.7 Å². The van der Waals surface area contributed by atoms with Gasteiger partial charge in [-0.2, -0.15) is 0 Å². The second-order valence-corrected chi connectivity index (χ2v) is 3.06. The Morgan fingerprint density at radius 3 is 1.94 bits per heavy atom. The molecule has 1 aromatic carbocycles. The van der Waals surface area contributed by atoms with Crippen molar-refractivity contribution in [2.24, 2.45) is 0 Å². The summed E-state index contributed by atoms with van der Waals surface area (Å²) in [5, 5.41) is 28.8. The van der Waals surface area contributed by atoms with Gasteiger partial charge in [0.2, 0.25) is 0 Å². The first-order valence-corrected chi connectivity index (χ1v) is 4.51. The first-order valence-electron chi connectivity index (χ1n) is 4.51. The van der Waals surface area contributed by atoms with Gasteiger partial charge < -0.3 is 20.6 Å². The van der Waals surface area contributed by atoms with E-state index in [4.69, 9.17) is 15.3 Å². The second kappa shape index (κ2) is 5.13. The average molecular weight is 225 g/mol. The minimum Gasteiger partial charge on any atom is -0.478 e. The molecule has 0 aliphatic rings. The summed E-state index contributed by atoms with van der Waals surface area (Å²) >= 11 is 0. The van der Waals surface area contributed by atoms with Crippen LogP contribution in [0.4, 0.5) is 5.69 Å². The fourth-order valence-electron chi connectivity index (χ4n) is 1.18. The van der Waals surface area contributed by atoms with E-state index in [2.05, 4.69) is 5.32 Å². The molecule has 0 fully saturated rings.